The summed E-state index contributed by atoms with van der Waals surface area (Å²) >= 11 is 0. The van der Waals surface area contributed by atoms with Gasteiger partial charge in [-0.15, -0.1) is 0 Å². The van der Waals surface area contributed by atoms with Gasteiger partial charge >= 0.3 is 20.5 Å². The molecule has 0 N–H and O–H groups in total. The summed E-state index contributed by atoms with van der Waals surface area (Å²) in [5.41, 5.74) is 0.744. The summed E-state index contributed by atoms with van der Waals surface area (Å²) < 4.78 is 25.0. The van der Waals surface area contributed by atoms with Crippen molar-refractivity contribution in [3.8, 4) is 0 Å². The van der Waals surface area contributed by atoms with E-state index in [2.05, 4.69) is 40.8 Å². The van der Waals surface area contributed by atoms with E-state index in [1.165, 1.54) is 0 Å². The molecule has 0 aromatic rings. The van der Waals surface area contributed by atoms with Crippen LogP contribution in [0, 0.1) is 0 Å². The van der Waals surface area contributed by atoms with Crippen LogP contribution in [0.2, 0.25) is 38.8 Å². The summed E-state index contributed by atoms with van der Waals surface area (Å²) in [5.74, 6) is -0.806. The van der Waals surface area contributed by atoms with Gasteiger partial charge in [0.2, 0.25) is 16.6 Å². The van der Waals surface area contributed by atoms with Crippen LogP contribution < -0.4 is 0 Å². The normalized spacial score (nSPS) is 13.0. The van der Waals surface area contributed by atoms with Gasteiger partial charge in [-0.3, -0.25) is 0 Å². The second kappa shape index (κ2) is 11.7. The molecule has 0 heterocycles. The van der Waals surface area contributed by atoms with Crippen LogP contribution in [-0.4, -0.2) is 81.8 Å². The molecule has 0 radical (unpaired) electrons. The first kappa shape index (κ1) is 30.0. The highest BCUT2D eigenvalue weighted by Crippen LogP contribution is 2.26. The Bertz CT molecular complexity index is 627. The van der Waals surface area contributed by atoms with Crippen molar-refractivity contribution in [2.45, 2.75) is 59.0 Å². The van der Waals surface area contributed by atoms with Crippen LogP contribution in [-0.2, 0) is 27.3 Å². The van der Waals surface area contributed by atoms with E-state index in [0.29, 0.717) is 11.1 Å². The number of rotatable bonds is 14. The zero-order valence-corrected chi connectivity index (χ0v) is 24.3. The van der Waals surface area contributed by atoms with Gasteiger partial charge in [-0.1, -0.05) is 13.2 Å². The molecule has 0 aromatic carbocycles. The molecule has 0 atom stereocenters. The highest BCUT2D eigenvalue weighted by molar-refractivity contribution is 6.88. The lowest BCUT2D eigenvalue weighted by molar-refractivity contribution is -0.870. The molecule has 0 unspecified atom stereocenters. The van der Waals surface area contributed by atoms with Gasteiger partial charge < -0.3 is 22.2 Å². The minimum absolute atomic E-state index is 0.243. The van der Waals surface area contributed by atoms with Crippen molar-refractivity contribution in [2.75, 3.05) is 40.1 Å². The maximum Gasteiger partial charge on any atom is 0.332 e. The Morgan fingerprint density at radius 2 is 1.13 bits per heavy atom. The molecule has 0 aliphatic heterocycles. The van der Waals surface area contributed by atoms with Crippen molar-refractivity contribution < 1.29 is 31.8 Å². The van der Waals surface area contributed by atoms with Gasteiger partial charge in [0.05, 0.1) is 27.7 Å². The lowest BCUT2D eigenvalue weighted by Crippen LogP contribution is -2.57. The summed E-state index contributed by atoms with van der Waals surface area (Å²) in [7, 11) is -0.872. The van der Waals surface area contributed by atoms with E-state index in [0.717, 1.165) is 23.5 Å². The van der Waals surface area contributed by atoms with Crippen LogP contribution in [0.15, 0.2) is 24.3 Å². The summed E-state index contributed by atoms with van der Waals surface area (Å²) in [6, 6.07) is 0.818. The Hall–Kier alpha value is -1.05. The molecule has 0 saturated heterocycles. The molecule has 0 rings (SSSR count). The Labute approximate surface area is 192 Å². The number of hydrogen-bond donors (Lipinski definition) is 0. The Morgan fingerprint density at radius 3 is 1.42 bits per heavy atom. The lowest BCUT2D eigenvalue weighted by Gasteiger charge is -2.40. The average molecular weight is 491 g/mol. The van der Waals surface area contributed by atoms with Gasteiger partial charge in [-0.25, -0.2) is 9.59 Å². The van der Waals surface area contributed by atoms with E-state index in [9.17, 15) is 9.59 Å². The first-order valence-corrected chi connectivity index (χ1v) is 19.4. The number of esters is 2. The minimum atomic E-state index is -2.63. The second-order valence-electron chi connectivity index (χ2n) is 10.7. The maximum atomic E-state index is 11.8. The van der Waals surface area contributed by atoms with Crippen LogP contribution in [0.25, 0.3) is 0 Å². The predicted octanol–water partition coefficient (Wildman–Crippen LogP) is 3.92. The number of nitrogens with zero attached hydrogens (tertiary/aromatic N) is 1. The van der Waals surface area contributed by atoms with E-state index >= 15 is 0 Å². The Morgan fingerprint density at radius 1 is 0.774 bits per heavy atom. The molecular weight excluding hydrogens is 446 g/mol. The SMILES string of the molecule is C=C(C)C(=O)OC[Si](C)(C)O[Si](C)(CCC[N+](C)(C)C)O[Si](C)(C)COC(=O)C(=C)C. The van der Waals surface area contributed by atoms with Crippen molar-refractivity contribution in [1.29, 1.82) is 0 Å². The number of ether oxygens (including phenoxy) is 2. The van der Waals surface area contributed by atoms with Gasteiger partial charge in [-0.05, 0) is 59.0 Å². The molecule has 10 heteroatoms. The molecule has 0 aliphatic carbocycles. The van der Waals surface area contributed by atoms with Gasteiger partial charge in [0.1, 0.15) is 12.5 Å². The zero-order chi connectivity index (χ0) is 24.7. The molecule has 0 amide bonds. The van der Waals surface area contributed by atoms with Crippen LogP contribution in [0.4, 0.5) is 0 Å². The Kier molecular flexibility index (Phi) is 11.3. The fourth-order valence-corrected chi connectivity index (χ4v) is 15.9. The van der Waals surface area contributed by atoms with Gasteiger partial charge in [-0.2, -0.15) is 0 Å². The molecule has 0 bridgehead atoms. The summed E-state index contributed by atoms with van der Waals surface area (Å²) in [4.78, 5) is 23.7. The molecule has 0 aromatic heterocycles. The monoisotopic (exact) mass is 490 g/mol. The minimum Gasteiger partial charge on any atom is -0.463 e. The average Bonchev–Trinajstić information content (AvgIpc) is 2.54. The zero-order valence-electron chi connectivity index (χ0n) is 21.3. The van der Waals surface area contributed by atoms with Crippen molar-refractivity contribution in [2.24, 2.45) is 0 Å². The van der Waals surface area contributed by atoms with Crippen LogP contribution in [0.3, 0.4) is 0 Å². The molecule has 7 nitrogen and oxygen atoms in total. The van der Waals surface area contributed by atoms with E-state index < -0.39 is 37.1 Å². The fourth-order valence-electron chi connectivity index (χ4n) is 2.95. The number of carbonyl (C=O) groups excluding carboxylic acids is 2. The van der Waals surface area contributed by atoms with Gasteiger partial charge in [0.15, 0.2) is 0 Å². The van der Waals surface area contributed by atoms with Crippen molar-refractivity contribution in [3.05, 3.63) is 24.3 Å². The molecular formula is C21H44NO6Si3+. The summed E-state index contributed by atoms with van der Waals surface area (Å²) in [6.45, 7) is 21.7. The Balaban J connectivity index is 5.38. The highest BCUT2D eigenvalue weighted by Gasteiger charge is 2.44. The molecule has 0 saturated carbocycles. The second-order valence-corrected chi connectivity index (χ2v) is 22.7. The van der Waals surface area contributed by atoms with Crippen LogP contribution in [0.5, 0.6) is 0 Å². The smallest absolute Gasteiger partial charge is 0.332 e. The van der Waals surface area contributed by atoms with Crippen LogP contribution in [0.1, 0.15) is 20.3 Å². The molecule has 31 heavy (non-hydrogen) atoms. The van der Waals surface area contributed by atoms with Crippen LogP contribution >= 0.6 is 0 Å². The highest BCUT2D eigenvalue weighted by atomic mass is 28.5. The fraction of sp³-hybridized carbons (Fsp3) is 0.714. The summed E-state index contributed by atoms with van der Waals surface area (Å²) in [5, 5.41) is 0. The van der Waals surface area contributed by atoms with Crippen molar-refractivity contribution in [1.82, 2.24) is 0 Å². The third-order valence-corrected chi connectivity index (χ3v) is 15.1. The van der Waals surface area contributed by atoms with E-state index in [4.69, 9.17) is 17.7 Å². The maximum absolute atomic E-state index is 11.8. The van der Waals surface area contributed by atoms with Gasteiger partial charge in [0, 0.05) is 11.1 Å². The van der Waals surface area contributed by atoms with Crippen molar-refractivity contribution >= 4 is 37.1 Å². The van der Waals surface area contributed by atoms with E-state index in [1.807, 2.05) is 26.2 Å². The number of hydrogen-bond acceptors (Lipinski definition) is 6. The quantitative estimate of drug-likeness (QED) is 0.159. The third-order valence-electron chi connectivity index (χ3n) is 4.24. The predicted molar refractivity (Wildman–Crippen MR) is 133 cm³/mol. The van der Waals surface area contributed by atoms with Gasteiger partial charge in [0.25, 0.3) is 0 Å². The molecule has 0 fully saturated rings. The first-order chi connectivity index (χ1) is 13.8. The largest absolute Gasteiger partial charge is 0.463 e. The molecule has 180 valence electrons. The number of quaternary nitrogens is 1. The van der Waals surface area contributed by atoms with Crippen molar-refractivity contribution in [3.63, 3.8) is 0 Å². The van der Waals surface area contributed by atoms with E-state index in [-0.39, 0.29) is 12.5 Å². The topological polar surface area (TPSA) is 71.1 Å². The van der Waals surface area contributed by atoms with E-state index in [1.54, 1.807) is 13.8 Å². The standard InChI is InChI=1S/C21H44NO6Si3/c1-18(2)20(23)25-16-29(8,9)27-31(12,15-13-14-22(5,6)7)28-30(10,11)17-26-21(24)19(3)4/h1,3,13-17H2,2,4-12H3/q+1. The third kappa shape index (κ3) is 13.9. The molecule has 0 aliphatic rings. The molecule has 0 spiro atoms. The number of carbonyl (C=O) groups is 2. The first-order valence-electron chi connectivity index (χ1n) is 10.6. The summed E-state index contributed by atoms with van der Waals surface area (Å²) in [6.07, 6.45) is 1.44. The lowest BCUT2D eigenvalue weighted by atomic mass is 10.4.